The summed E-state index contributed by atoms with van der Waals surface area (Å²) in [6, 6.07) is 4.96. The molecule has 5 rings (SSSR count). The fraction of sp³-hybridized carbons (Fsp3) is 0.520. The monoisotopic (exact) mass is 463 g/mol. The molecule has 9 heteroatoms. The lowest BCUT2D eigenvalue weighted by Gasteiger charge is -2.32. The van der Waals surface area contributed by atoms with E-state index in [0.717, 1.165) is 61.4 Å². The summed E-state index contributed by atoms with van der Waals surface area (Å²) in [4.78, 5) is 25.7. The summed E-state index contributed by atoms with van der Waals surface area (Å²) in [6.07, 6.45) is 6.60. The molecule has 180 valence electrons. The minimum atomic E-state index is 0.117. The Morgan fingerprint density at radius 1 is 1.24 bits per heavy atom. The Morgan fingerprint density at radius 3 is 2.85 bits per heavy atom. The van der Waals surface area contributed by atoms with E-state index in [1.807, 2.05) is 9.58 Å². The zero-order valence-electron chi connectivity index (χ0n) is 20.4. The average molecular weight is 464 g/mol. The van der Waals surface area contributed by atoms with Crippen LogP contribution >= 0.6 is 0 Å². The van der Waals surface area contributed by atoms with Gasteiger partial charge in [-0.15, -0.1) is 0 Å². The lowest BCUT2D eigenvalue weighted by molar-refractivity contribution is -0.129. The molecule has 2 aliphatic heterocycles. The first-order chi connectivity index (χ1) is 16.4. The zero-order valence-corrected chi connectivity index (χ0v) is 20.4. The molecule has 2 aliphatic rings. The van der Waals surface area contributed by atoms with E-state index in [9.17, 15) is 4.79 Å². The fourth-order valence-corrected chi connectivity index (χ4v) is 5.14. The van der Waals surface area contributed by atoms with Gasteiger partial charge in [0.25, 0.3) is 0 Å². The molecule has 34 heavy (non-hydrogen) atoms. The predicted octanol–water partition coefficient (Wildman–Crippen LogP) is 3.36. The molecule has 0 bridgehead atoms. The van der Waals surface area contributed by atoms with Crippen LogP contribution in [-0.2, 0) is 24.3 Å². The molecule has 2 aromatic heterocycles. The first kappa shape index (κ1) is 22.6. The fourth-order valence-electron chi connectivity index (χ4n) is 5.14. The Balaban J connectivity index is 1.41. The maximum absolute atomic E-state index is 12.0. The second-order valence-electron chi connectivity index (χ2n) is 9.57. The highest BCUT2D eigenvalue weighted by atomic mass is 16.5. The minimum absolute atomic E-state index is 0.117. The lowest BCUT2D eigenvalue weighted by atomic mass is 9.97. The first-order valence-corrected chi connectivity index (χ1v) is 12.1. The standard InChI is InChI=1S/C25H33N7O2/c1-16(2)30-9-7-18-11-23(34-4)22(10-19(18)14-30)28-25-26-12-20-13-27-32(24(20)29-25)15-21-6-5-8-31(21)17(3)33/h10-13,16,21H,5-9,14-15H2,1-4H3,(H,26,28,29). The first-order valence-electron chi connectivity index (χ1n) is 12.1. The molecule has 9 nitrogen and oxygen atoms in total. The number of methoxy groups -OCH3 is 1. The largest absolute Gasteiger partial charge is 0.495 e. The molecule has 0 spiro atoms. The van der Waals surface area contributed by atoms with Gasteiger partial charge in [0.05, 0.1) is 37.0 Å². The molecule has 1 N–H and O–H groups in total. The van der Waals surface area contributed by atoms with Gasteiger partial charge < -0.3 is 15.0 Å². The molecular formula is C25H33N7O2. The Kier molecular flexibility index (Phi) is 6.12. The number of hydrogen-bond donors (Lipinski definition) is 1. The maximum Gasteiger partial charge on any atom is 0.229 e. The summed E-state index contributed by atoms with van der Waals surface area (Å²) >= 11 is 0. The Labute approximate surface area is 200 Å². The number of nitrogens with zero attached hydrogens (tertiary/aromatic N) is 6. The molecule has 1 unspecified atom stereocenters. The van der Waals surface area contributed by atoms with Gasteiger partial charge in [-0.25, -0.2) is 9.67 Å². The molecule has 0 aliphatic carbocycles. The summed E-state index contributed by atoms with van der Waals surface area (Å²) in [6.45, 7) is 9.54. The van der Waals surface area contributed by atoms with Crippen molar-refractivity contribution in [2.75, 3.05) is 25.5 Å². The minimum Gasteiger partial charge on any atom is -0.495 e. The van der Waals surface area contributed by atoms with Crippen molar-refractivity contribution in [2.24, 2.45) is 0 Å². The summed E-state index contributed by atoms with van der Waals surface area (Å²) < 4.78 is 7.58. The highest BCUT2D eigenvalue weighted by Gasteiger charge is 2.27. The number of benzene rings is 1. The molecule has 0 saturated carbocycles. The smallest absolute Gasteiger partial charge is 0.229 e. The van der Waals surface area contributed by atoms with Crippen LogP contribution in [0.3, 0.4) is 0 Å². The van der Waals surface area contributed by atoms with E-state index in [1.165, 1.54) is 11.1 Å². The van der Waals surface area contributed by atoms with E-state index in [-0.39, 0.29) is 11.9 Å². The molecule has 1 fully saturated rings. The van der Waals surface area contributed by atoms with Crippen molar-refractivity contribution < 1.29 is 9.53 Å². The molecule has 3 aromatic rings. The molecular weight excluding hydrogens is 430 g/mol. The van der Waals surface area contributed by atoms with E-state index in [4.69, 9.17) is 9.72 Å². The number of fused-ring (bicyclic) bond motifs is 2. The number of amides is 1. The van der Waals surface area contributed by atoms with Crippen molar-refractivity contribution in [1.29, 1.82) is 0 Å². The number of nitrogens with one attached hydrogen (secondary N) is 1. The Morgan fingerprint density at radius 2 is 2.09 bits per heavy atom. The van der Waals surface area contributed by atoms with Crippen LogP contribution in [0.1, 0.15) is 44.7 Å². The second kappa shape index (κ2) is 9.21. The van der Waals surface area contributed by atoms with E-state index >= 15 is 0 Å². The van der Waals surface area contributed by atoms with Crippen molar-refractivity contribution in [1.82, 2.24) is 29.5 Å². The Bertz CT molecular complexity index is 1210. The van der Waals surface area contributed by atoms with Crippen molar-refractivity contribution in [3.05, 3.63) is 35.7 Å². The third kappa shape index (κ3) is 4.32. The van der Waals surface area contributed by atoms with E-state index in [1.54, 1.807) is 26.4 Å². The van der Waals surface area contributed by atoms with Gasteiger partial charge in [-0.1, -0.05) is 0 Å². The number of ether oxygens (including phenoxy) is 1. The number of anilines is 2. The molecule has 1 saturated heterocycles. The van der Waals surface area contributed by atoms with Crippen LogP contribution in [0.4, 0.5) is 11.6 Å². The highest BCUT2D eigenvalue weighted by molar-refractivity contribution is 5.76. The topological polar surface area (TPSA) is 88.4 Å². The predicted molar refractivity (Wildman–Crippen MR) is 131 cm³/mol. The number of rotatable bonds is 6. The van der Waals surface area contributed by atoms with Crippen LogP contribution < -0.4 is 10.1 Å². The van der Waals surface area contributed by atoms with Gasteiger partial charge in [0, 0.05) is 38.8 Å². The second-order valence-corrected chi connectivity index (χ2v) is 9.57. The lowest BCUT2D eigenvalue weighted by Crippen LogP contribution is -2.36. The van der Waals surface area contributed by atoms with Gasteiger partial charge >= 0.3 is 0 Å². The van der Waals surface area contributed by atoms with Crippen molar-refractivity contribution in [2.45, 2.75) is 65.2 Å². The van der Waals surface area contributed by atoms with Gasteiger partial charge in [0.1, 0.15) is 5.75 Å². The Hall–Kier alpha value is -3.20. The van der Waals surface area contributed by atoms with Crippen LogP contribution in [0.2, 0.25) is 0 Å². The summed E-state index contributed by atoms with van der Waals surface area (Å²) in [7, 11) is 1.69. The van der Waals surface area contributed by atoms with Crippen LogP contribution in [0.5, 0.6) is 5.75 Å². The molecule has 1 amide bonds. The van der Waals surface area contributed by atoms with Gasteiger partial charge in [-0.05, 0) is 56.4 Å². The number of carbonyl (C=O) groups is 1. The van der Waals surface area contributed by atoms with Crippen molar-refractivity contribution in [3.8, 4) is 5.75 Å². The normalized spacial score (nSPS) is 18.5. The average Bonchev–Trinajstić information content (AvgIpc) is 3.45. The third-order valence-electron chi connectivity index (χ3n) is 7.08. The van der Waals surface area contributed by atoms with E-state index in [0.29, 0.717) is 18.5 Å². The van der Waals surface area contributed by atoms with Gasteiger partial charge in [0.2, 0.25) is 11.9 Å². The third-order valence-corrected chi connectivity index (χ3v) is 7.08. The summed E-state index contributed by atoms with van der Waals surface area (Å²) in [5.41, 5.74) is 4.26. The maximum atomic E-state index is 12.0. The number of hydrogen-bond acceptors (Lipinski definition) is 7. The van der Waals surface area contributed by atoms with Gasteiger partial charge in [-0.2, -0.15) is 10.1 Å². The van der Waals surface area contributed by atoms with Crippen molar-refractivity contribution >= 4 is 28.6 Å². The highest BCUT2D eigenvalue weighted by Crippen LogP contribution is 2.33. The van der Waals surface area contributed by atoms with Gasteiger partial charge in [-0.3, -0.25) is 9.69 Å². The van der Waals surface area contributed by atoms with Crippen molar-refractivity contribution in [3.63, 3.8) is 0 Å². The number of aromatic nitrogens is 4. The quantitative estimate of drug-likeness (QED) is 0.600. The molecule has 1 aromatic carbocycles. The zero-order chi connectivity index (χ0) is 23.8. The van der Waals surface area contributed by atoms with Crippen LogP contribution in [0.15, 0.2) is 24.5 Å². The molecule has 0 radical (unpaired) electrons. The van der Waals surface area contributed by atoms with Crippen LogP contribution in [0.25, 0.3) is 11.0 Å². The van der Waals surface area contributed by atoms with Crippen LogP contribution in [-0.4, -0.2) is 67.7 Å². The SMILES string of the molecule is COc1cc2c(cc1Nc1ncc3cnn(CC4CCCN4C(C)=O)c3n1)CN(C(C)C)CC2. The summed E-state index contributed by atoms with van der Waals surface area (Å²) in [5.74, 6) is 1.40. The van der Waals surface area contributed by atoms with E-state index < -0.39 is 0 Å². The van der Waals surface area contributed by atoms with Gasteiger partial charge in [0.15, 0.2) is 5.65 Å². The summed E-state index contributed by atoms with van der Waals surface area (Å²) in [5, 5.41) is 8.79. The molecule has 4 heterocycles. The molecule has 1 atom stereocenters. The number of likely N-dealkylation sites (tertiary alicyclic amines) is 1. The van der Waals surface area contributed by atoms with E-state index in [2.05, 4.69) is 46.3 Å². The van der Waals surface area contributed by atoms with Crippen LogP contribution in [0, 0.1) is 0 Å². The number of carbonyl (C=O) groups excluding carboxylic acids is 1.